The van der Waals surface area contributed by atoms with Crippen molar-refractivity contribution in [3.05, 3.63) is 46.7 Å². The van der Waals surface area contributed by atoms with Crippen molar-refractivity contribution in [3.8, 4) is 22.5 Å². The Hall–Kier alpha value is -3.10. The van der Waals surface area contributed by atoms with E-state index in [0.29, 0.717) is 36.4 Å². The number of aryl methyl sites for hydroxylation is 3. The predicted octanol–water partition coefficient (Wildman–Crippen LogP) is 3.39. The van der Waals surface area contributed by atoms with E-state index in [-0.39, 0.29) is 0 Å². The first-order chi connectivity index (χ1) is 15.1. The van der Waals surface area contributed by atoms with Crippen LogP contribution in [-0.4, -0.2) is 52.1 Å². The molecule has 31 heavy (non-hydrogen) atoms. The molecule has 0 unspecified atom stereocenters. The van der Waals surface area contributed by atoms with E-state index in [1.165, 1.54) is 0 Å². The summed E-state index contributed by atoms with van der Waals surface area (Å²) in [7, 11) is 3.58. The average molecular weight is 438 g/mol. The van der Waals surface area contributed by atoms with Crippen LogP contribution in [0.3, 0.4) is 0 Å². The van der Waals surface area contributed by atoms with Crippen molar-refractivity contribution in [2.45, 2.75) is 19.3 Å². The highest BCUT2D eigenvalue weighted by Crippen LogP contribution is 2.40. The molecule has 0 fully saturated rings. The van der Waals surface area contributed by atoms with Crippen LogP contribution in [-0.2, 0) is 24.6 Å². The lowest BCUT2D eigenvalue weighted by Gasteiger charge is -2.16. The van der Waals surface area contributed by atoms with E-state index in [1.807, 2.05) is 42.2 Å². The second kappa shape index (κ2) is 9.36. The van der Waals surface area contributed by atoms with Crippen LogP contribution in [0.15, 0.2) is 40.4 Å². The van der Waals surface area contributed by atoms with Crippen LogP contribution in [0.2, 0.25) is 5.02 Å². The lowest BCUT2D eigenvalue weighted by atomic mass is 9.91. The van der Waals surface area contributed by atoms with E-state index in [4.69, 9.17) is 32.2 Å². The second-order valence-corrected chi connectivity index (χ2v) is 7.67. The molecule has 8 nitrogen and oxygen atoms in total. The first kappa shape index (κ1) is 21.1. The topological polar surface area (TPSA) is 104 Å². The van der Waals surface area contributed by atoms with Gasteiger partial charge in [0.1, 0.15) is 5.84 Å². The number of fused-ring (bicyclic) bond motifs is 3. The Morgan fingerprint density at radius 1 is 1.35 bits per heavy atom. The molecule has 2 aromatic heterocycles. The van der Waals surface area contributed by atoms with E-state index in [2.05, 4.69) is 15.0 Å². The van der Waals surface area contributed by atoms with Crippen LogP contribution in [0, 0.1) is 0 Å². The Kier molecular flexibility index (Phi) is 6.39. The van der Waals surface area contributed by atoms with Crippen molar-refractivity contribution < 1.29 is 4.74 Å². The molecule has 0 atom stereocenters. The number of nitrogens with two attached hydrogens (primary N) is 1. The number of aliphatic imine (C=N–C) groups is 2. The zero-order valence-corrected chi connectivity index (χ0v) is 18.3. The maximum Gasteiger partial charge on any atom is 0.251 e. The molecular weight excluding hydrogens is 414 g/mol. The van der Waals surface area contributed by atoms with Crippen molar-refractivity contribution in [2.75, 3.05) is 20.3 Å². The molecular formula is C22H24ClN7O. The van der Waals surface area contributed by atoms with Crippen molar-refractivity contribution in [2.24, 2.45) is 22.8 Å². The fourth-order valence-corrected chi connectivity index (χ4v) is 3.83. The van der Waals surface area contributed by atoms with Gasteiger partial charge in [-0.2, -0.15) is 10.1 Å². The fourth-order valence-electron chi connectivity index (χ4n) is 3.64. The number of hydrogen-bond donors (Lipinski definition) is 1. The van der Waals surface area contributed by atoms with Crippen LogP contribution >= 0.6 is 11.6 Å². The van der Waals surface area contributed by atoms with Crippen LogP contribution < -0.4 is 5.73 Å². The number of nitrogens with zero attached hydrogens (tertiary/aromatic N) is 6. The summed E-state index contributed by atoms with van der Waals surface area (Å²) in [6.07, 6.45) is 5.66. The maximum absolute atomic E-state index is 6.25. The summed E-state index contributed by atoms with van der Waals surface area (Å²) in [6.45, 7) is 1.17. The molecule has 1 aliphatic rings. The van der Waals surface area contributed by atoms with Crippen molar-refractivity contribution >= 4 is 29.6 Å². The number of aromatic nitrogens is 4. The molecule has 2 N–H and O–H groups in total. The predicted molar refractivity (Wildman–Crippen MR) is 123 cm³/mol. The highest BCUT2D eigenvalue weighted by atomic mass is 35.5. The smallest absolute Gasteiger partial charge is 0.251 e. The lowest BCUT2D eigenvalue weighted by molar-refractivity contribution is 0.208. The molecule has 3 aromatic rings. The van der Waals surface area contributed by atoms with Gasteiger partial charge < -0.3 is 10.5 Å². The number of benzene rings is 1. The van der Waals surface area contributed by atoms with Gasteiger partial charge in [0.2, 0.25) is 0 Å². The zero-order chi connectivity index (χ0) is 21.8. The molecule has 0 amide bonds. The van der Waals surface area contributed by atoms with Gasteiger partial charge in [0.15, 0.2) is 0 Å². The molecule has 0 radical (unpaired) electrons. The van der Waals surface area contributed by atoms with Gasteiger partial charge in [0.25, 0.3) is 5.95 Å². The van der Waals surface area contributed by atoms with E-state index in [0.717, 1.165) is 46.6 Å². The molecule has 0 bridgehead atoms. The van der Waals surface area contributed by atoms with Gasteiger partial charge in [-0.1, -0.05) is 23.7 Å². The van der Waals surface area contributed by atoms with Gasteiger partial charge in [-0.05, 0) is 30.5 Å². The van der Waals surface area contributed by atoms with Crippen LogP contribution in [0.25, 0.3) is 22.5 Å². The minimum atomic E-state index is 0.329. The minimum Gasteiger partial charge on any atom is -0.387 e. The highest BCUT2D eigenvalue weighted by molar-refractivity contribution is 6.30. The number of ether oxygens (including phenoxy) is 1. The third-order valence-electron chi connectivity index (χ3n) is 5.04. The summed E-state index contributed by atoms with van der Waals surface area (Å²) in [5.74, 6) is 0.730. The summed E-state index contributed by atoms with van der Waals surface area (Å²) >= 11 is 6.25. The van der Waals surface area contributed by atoms with E-state index in [9.17, 15) is 0 Å². The molecule has 4 rings (SSSR count). The third-order valence-corrected chi connectivity index (χ3v) is 5.27. The molecule has 1 aromatic carbocycles. The van der Waals surface area contributed by atoms with Crippen LogP contribution in [0.4, 0.5) is 5.95 Å². The Bertz CT molecular complexity index is 1150. The molecule has 160 valence electrons. The summed E-state index contributed by atoms with van der Waals surface area (Å²) in [6, 6.07) is 7.76. The first-order valence-electron chi connectivity index (χ1n) is 10.0. The molecule has 0 spiro atoms. The SMILES string of the molecule is COCCN=CCC(N)=Nc1ncc2c(n1)-c1c(nn(C)c1-c1cccc(Cl)c1)CC2. The standard InChI is InChI=1S/C22H24ClN7O/c1-30-21(14-4-3-5-16(23)12-14)19-17(29-30)7-6-15-13-26-22(28-20(15)19)27-18(24)8-9-25-10-11-31-2/h3-5,9,12-13H,6-8,10-11H2,1-2H3,(H2,24,26,27,28). The van der Waals surface area contributed by atoms with Crippen LogP contribution in [0.1, 0.15) is 17.7 Å². The van der Waals surface area contributed by atoms with E-state index < -0.39 is 0 Å². The molecule has 0 saturated heterocycles. The number of halogens is 1. The van der Waals surface area contributed by atoms with Gasteiger partial charge in [-0.25, -0.2) is 9.97 Å². The monoisotopic (exact) mass is 437 g/mol. The quantitative estimate of drug-likeness (QED) is 0.346. The number of amidine groups is 1. The molecule has 0 saturated carbocycles. The van der Waals surface area contributed by atoms with Gasteiger partial charge in [0, 0.05) is 49.1 Å². The maximum atomic E-state index is 6.25. The molecule has 9 heteroatoms. The second-order valence-electron chi connectivity index (χ2n) is 7.24. The number of methoxy groups -OCH3 is 1. The van der Waals surface area contributed by atoms with Gasteiger partial charge in [0.05, 0.1) is 30.2 Å². The third kappa shape index (κ3) is 4.65. The Morgan fingerprint density at radius 3 is 3.03 bits per heavy atom. The zero-order valence-electron chi connectivity index (χ0n) is 17.5. The largest absolute Gasteiger partial charge is 0.387 e. The van der Waals surface area contributed by atoms with Gasteiger partial charge >= 0.3 is 0 Å². The van der Waals surface area contributed by atoms with Gasteiger partial charge in [-0.15, -0.1) is 0 Å². The number of rotatable bonds is 7. The highest BCUT2D eigenvalue weighted by Gasteiger charge is 2.27. The Balaban J connectivity index is 1.69. The summed E-state index contributed by atoms with van der Waals surface area (Å²) in [5.41, 5.74) is 12.0. The number of hydrogen-bond acceptors (Lipinski definition) is 6. The average Bonchev–Trinajstić information content (AvgIpc) is 3.10. The normalized spacial score (nSPS) is 13.5. The van der Waals surface area contributed by atoms with E-state index >= 15 is 0 Å². The molecule has 0 aliphatic heterocycles. The summed E-state index contributed by atoms with van der Waals surface area (Å²) in [5, 5.41) is 5.41. The Labute approximate surface area is 185 Å². The van der Waals surface area contributed by atoms with Gasteiger partial charge in [-0.3, -0.25) is 9.67 Å². The van der Waals surface area contributed by atoms with E-state index in [1.54, 1.807) is 13.3 Å². The summed E-state index contributed by atoms with van der Waals surface area (Å²) < 4.78 is 6.86. The van der Waals surface area contributed by atoms with Crippen molar-refractivity contribution in [1.82, 2.24) is 19.7 Å². The van der Waals surface area contributed by atoms with Crippen molar-refractivity contribution in [3.63, 3.8) is 0 Å². The minimum absolute atomic E-state index is 0.329. The van der Waals surface area contributed by atoms with Crippen LogP contribution in [0.5, 0.6) is 0 Å². The first-order valence-corrected chi connectivity index (χ1v) is 10.4. The van der Waals surface area contributed by atoms with Crippen molar-refractivity contribution in [1.29, 1.82) is 0 Å². The molecule has 2 heterocycles. The Morgan fingerprint density at radius 2 is 2.23 bits per heavy atom. The summed E-state index contributed by atoms with van der Waals surface area (Å²) in [4.78, 5) is 17.7. The lowest BCUT2D eigenvalue weighted by Crippen LogP contribution is -2.12. The fraction of sp³-hybridized carbons (Fsp3) is 0.318. The molecule has 1 aliphatic carbocycles.